The van der Waals surface area contributed by atoms with Gasteiger partial charge in [0, 0.05) is 13.2 Å². The van der Waals surface area contributed by atoms with Crippen molar-refractivity contribution in [2.24, 2.45) is 17.8 Å². The number of carbonyl (C=O) groups excluding carboxylic acids is 3. The van der Waals surface area contributed by atoms with E-state index in [2.05, 4.69) is 15.2 Å². The van der Waals surface area contributed by atoms with Crippen molar-refractivity contribution in [2.45, 2.75) is 77.4 Å². The lowest BCUT2D eigenvalue weighted by Gasteiger charge is -2.31. The molecule has 2 aliphatic rings. The van der Waals surface area contributed by atoms with E-state index < -0.39 is 74.1 Å². The fourth-order valence-electron chi connectivity index (χ4n) is 5.68. The summed E-state index contributed by atoms with van der Waals surface area (Å²) in [4.78, 5) is 43.4. The first-order valence-corrected chi connectivity index (χ1v) is 18.9. The minimum absolute atomic E-state index is 0.116. The molecule has 0 unspecified atom stereocenters. The third-order valence-corrected chi connectivity index (χ3v) is 10.4. The number of esters is 3. The normalized spacial score (nSPS) is 23.6. The Labute approximate surface area is 306 Å². The average Bonchev–Trinajstić information content (AvgIpc) is 3.70. The van der Waals surface area contributed by atoms with E-state index in [0.29, 0.717) is 18.7 Å². The summed E-state index contributed by atoms with van der Waals surface area (Å²) in [6.07, 6.45) is -1.64. The van der Waals surface area contributed by atoms with Crippen LogP contribution in [-0.2, 0) is 47.2 Å². The average molecular weight is 757 g/mol. The molecule has 0 saturated carbocycles. The molecule has 0 radical (unpaired) electrons. The van der Waals surface area contributed by atoms with Crippen LogP contribution in [0, 0.1) is 29.1 Å². The lowest BCUT2D eigenvalue weighted by atomic mass is 9.95. The van der Waals surface area contributed by atoms with E-state index in [1.54, 1.807) is 58.0 Å². The molecule has 2 aliphatic heterocycles. The first kappa shape index (κ1) is 39.6. The summed E-state index contributed by atoms with van der Waals surface area (Å²) in [5, 5.41) is 17.7. The third kappa shape index (κ3) is 9.32. The second-order valence-electron chi connectivity index (χ2n) is 13.5. The summed E-state index contributed by atoms with van der Waals surface area (Å²) in [5.74, 6) is -3.04. The number of nitrogens with two attached hydrogens (primary N) is 1. The Kier molecular flexibility index (Phi) is 12.7. The standard InChI is InChI=1S/C35H45N6O11P/c1-21(2)32(42)49-29-28(26-11-12-27-31(37)38-20-39-41(26)27)51-35(18-36,30(29)50-33(43)22(3)4)19-48-53(45,52-25-9-7-6-8-10-25)40-23(5)34(44)47-17-24-13-15-46-16-14-24/h6-12,20-24,28-30H,13-17,19H2,1-5H3,(H,40,45)(H2,37,38,39)/t23-,28-,29-,30-,35+,53+/m0/s1. The molecule has 0 aliphatic carbocycles. The van der Waals surface area contributed by atoms with Gasteiger partial charge in [-0.05, 0) is 49.9 Å². The van der Waals surface area contributed by atoms with Crippen LogP contribution in [0.4, 0.5) is 5.82 Å². The number of nitrogens with one attached hydrogen (secondary N) is 1. The highest BCUT2D eigenvalue weighted by molar-refractivity contribution is 7.52. The van der Waals surface area contributed by atoms with E-state index in [1.165, 1.54) is 29.9 Å². The van der Waals surface area contributed by atoms with Crippen LogP contribution < -0.4 is 15.3 Å². The van der Waals surface area contributed by atoms with Gasteiger partial charge >= 0.3 is 25.7 Å². The van der Waals surface area contributed by atoms with Crippen LogP contribution in [0.5, 0.6) is 5.75 Å². The number of nitrogen functional groups attached to an aromatic ring is 1. The van der Waals surface area contributed by atoms with Gasteiger partial charge in [0.1, 0.15) is 42.4 Å². The maximum atomic E-state index is 14.6. The molecular weight excluding hydrogens is 711 g/mol. The van der Waals surface area contributed by atoms with Crippen LogP contribution in [-0.4, -0.2) is 82.8 Å². The van der Waals surface area contributed by atoms with Gasteiger partial charge in [0.15, 0.2) is 18.0 Å². The zero-order valence-corrected chi connectivity index (χ0v) is 31.1. The summed E-state index contributed by atoms with van der Waals surface area (Å²) in [6, 6.07) is 12.1. The fourth-order valence-corrected chi connectivity index (χ4v) is 7.20. The molecule has 0 bridgehead atoms. The minimum Gasteiger partial charge on any atom is -0.464 e. The van der Waals surface area contributed by atoms with Crippen molar-refractivity contribution >= 4 is 37.0 Å². The number of para-hydroxylation sites is 1. The van der Waals surface area contributed by atoms with Gasteiger partial charge in [-0.25, -0.2) is 14.1 Å². The molecule has 2 fully saturated rings. The van der Waals surface area contributed by atoms with Gasteiger partial charge in [0.05, 0.1) is 24.1 Å². The maximum Gasteiger partial charge on any atom is 0.459 e. The van der Waals surface area contributed by atoms with Gasteiger partial charge < -0.3 is 33.9 Å². The number of carbonyl (C=O) groups is 3. The molecule has 53 heavy (non-hydrogen) atoms. The first-order valence-electron chi connectivity index (χ1n) is 17.4. The number of ether oxygens (including phenoxy) is 5. The number of fused-ring (bicyclic) bond motifs is 1. The Bertz CT molecular complexity index is 1840. The first-order chi connectivity index (χ1) is 25.3. The third-order valence-electron chi connectivity index (χ3n) is 8.75. The number of benzene rings is 1. The predicted molar refractivity (Wildman–Crippen MR) is 187 cm³/mol. The molecule has 17 nitrogen and oxygen atoms in total. The molecule has 2 aromatic heterocycles. The maximum absolute atomic E-state index is 14.6. The largest absolute Gasteiger partial charge is 0.464 e. The van der Waals surface area contributed by atoms with E-state index >= 15 is 0 Å². The molecule has 18 heteroatoms. The molecule has 3 N–H and O–H groups in total. The highest BCUT2D eigenvalue weighted by Crippen LogP contribution is 2.50. The Hall–Kier alpha value is -4.59. The van der Waals surface area contributed by atoms with Crippen molar-refractivity contribution in [3.05, 3.63) is 54.5 Å². The Morgan fingerprint density at radius 2 is 1.72 bits per heavy atom. The highest BCUT2D eigenvalue weighted by Gasteiger charge is 2.62. The summed E-state index contributed by atoms with van der Waals surface area (Å²) < 4.78 is 56.8. The van der Waals surface area contributed by atoms with Crippen molar-refractivity contribution in [2.75, 3.05) is 32.2 Å². The van der Waals surface area contributed by atoms with E-state index in [0.717, 1.165) is 12.8 Å². The quantitative estimate of drug-likeness (QED) is 0.127. The molecule has 0 spiro atoms. The number of hydrogen-bond donors (Lipinski definition) is 2. The summed E-state index contributed by atoms with van der Waals surface area (Å²) in [6.45, 7) is 8.27. The van der Waals surface area contributed by atoms with E-state index in [9.17, 15) is 24.2 Å². The summed E-state index contributed by atoms with van der Waals surface area (Å²) in [7, 11) is -4.58. The molecule has 3 aromatic rings. The molecular formula is C35H45N6O11P. The highest BCUT2D eigenvalue weighted by atomic mass is 31.2. The number of aromatic nitrogens is 3. The number of anilines is 1. The monoisotopic (exact) mass is 756 g/mol. The Balaban J connectivity index is 1.49. The zero-order chi connectivity index (χ0) is 38.3. The lowest BCUT2D eigenvalue weighted by molar-refractivity contribution is -0.173. The molecule has 5 rings (SSSR count). The number of nitriles is 1. The van der Waals surface area contributed by atoms with Crippen LogP contribution in [0.25, 0.3) is 5.52 Å². The van der Waals surface area contributed by atoms with E-state index in [-0.39, 0.29) is 29.8 Å². The van der Waals surface area contributed by atoms with Crippen LogP contribution in [0.2, 0.25) is 0 Å². The second kappa shape index (κ2) is 17.0. The molecule has 4 heterocycles. The van der Waals surface area contributed by atoms with Crippen LogP contribution in [0.3, 0.4) is 0 Å². The number of rotatable bonds is 15. The van der Waals surface area contributed by atoms with Crippen molar-refractivity contribution < 1.29 is 51.7 Å². The number of hydrogen-bond acceptors (Lipinski definition) is 15. The molecule has 6 atom stereocenters. The van der Waals surface area contributed by atoms with Gasteiger partial charge in [0.25, 0.3) is 0 Å². The molecule has 2 saturated heterocycles. The van der Waals surface area contributed by atoms with Gasteiger partial charge in [-0.2, -0.15) is 15.4 Å². The Morgan fingerprint density at radius 3 is 2.38 bits per heavy atom. The SMILES string of the molecule is CC(C)C(=O)O[C@H]1[C@H](c2ccc3c(N)ncnn23)O[C@](C#N)(CO[P@](=O)(N[C@@H](C)C(=O)OCC2CCOCC2)Oc2ccccc2)[C@H]1OC(=O)C(C)C. The predicted octanol–water partition coefficient (Wildman–Crippen LogP) is 3.93. The van der Waals surface area contributed by atoms with Crippen LogP contribution in [0.15, 0.2) is 48.8 Å². The smallest absolute Gasteiger partial charge is 0.459 e. The minimum atomic E-state index is -4.58. The summed E-state index contributed by atoms with van der Waals surface area (Å²) in [5.41, 5.74) is 4.49. The van der Waals surface area contributed by atoms with Gasteiger partial charge in [-0.3, -0.25) is 18.9 Å². The van der Waals surface area contributed by atoms with Crippen molar-refractivity contribution in [1.29, 1.82) is 5.26 Å². The second-order valence-corrected chi connectivity index (χ2v) is 15.2. The molecule has 286 valence electrons. The van der Waals surface area contributed by atoms with Gasteiger partial charge in [0.2, 0.25) is 5.60 Å². The van der Waals surface area contributed by atoms with Gasteiger partial charge in [-0.1, -0.05) is 45.9 Å². The Morgan fingerprint density at radius 1 is 1.04 bits per heavy atom. The van der Waals surface area contributed by atoms with Gasteiger partial charge in [-0.15, -0.1) is 0 Å². The van der Waals surface area contributed by atoms with Crippen molar-refractivity contribution in [3.8, 4) is 11.8 Å². The fraction of sp³-hybridized carbons (Fsp3) is 0.543. The van der Waals surface area contributed by atoms with Crippen molar-refractivity contribution in [1.82, 2.24) is 19.7 Å². The van der Waals surface area contributed by atoms with E-state index in [1.807, 2.05) is 6.07 Å². The lowest BCUT2D eigenvalue weighted by Crippen LogP contribution is -2.50. The molecule has 1 aromatic carbocycles. The van der Waals surface area contributed by atoms with Crippen LogP contribution >= 0.6 is 7.75 Å². The number of nitrogens with zero attached hydrogens (tertiary/aromatic N) is 4. The summed E-state index contributed by atoms with van der Waals surface area (Å²) >= 11 is 0. The topological polar surface area (TPSA) is 225 Å². The van der Waals surface area contributed by atoms with Crippen molar-refractivity contribution in [3.63, 3.8) is 0 Å². The van der Waals surface area contributed by atoms with Crippen LogP contribution in [0.1, 0.15) is 59.3 Å². The zero-order valence-electron chi connectivity index (χ0n) is 30.2. The van der Waals surface area contributed by atoms with E-state index in [4.69, 9.17) is 38.5 Å². The molecule has 0 amide bonds.